The number of likely N-dealkylation sites (N-methyl/N-ethyl adjacent to an activating group) is 1. The van der Waals surface area contributed by atoms with E-state index in [1.165, 1.54) is 4.90 Å². The molecule has 0 atom stereocenters. The van der Waals surface area contributed by atoms with E-state index in [4.69, 9.17) is 27.5 Å². The summed E-state index contributed by atoms with van der Waals surface area (Å²) in [6.45, 7) is 1.79. The average Bonchev–Trinajstić information content (AvgIpc) is 3.12. The highest BCUT2D eigenvalue weighted by atomic mass is 35.5. The number of primary amides is 1. The first-order valence-electron chi connectivity index (χ1n) is 10.7. The quantitative estimate of drug-likeness (QED) is 0.311. The number of carbonyl (C=O) groups excluding carboxylic acids is 3. The lowest BCUT2D eigenvalue weighted by molar-refractivity contribution is -0.126. The normalized spacial score (nSPS) is 14.4. The smallest absolute Gasteiger partial charge is 0.239 e. The maximum atomic E-state index is 12.5. The molecular formula is C22H29ClN6O4. The van der Waals surface area contributed by atoms with Gasteiger partial charge in [-0.2, -0.15) is 0 Å². The number of amides is 3. The minimum Gasteiger partial charge on any atom is -0.381 e. The lowest BCUT2D eigenvalue weighted by Crippen LogP contribution is -2.43. The predicted octanol–water partition coefficient (Wildman–Crippen LogP) is 0.696. The van der Waals surface area contributed by atoms with Gasteiger partial charge in [0, 0.05) is 36.9 Å². The van der Waals surface area contributed by atoms with Crippen molar-refractivity contribution < 1.29 is 19.1 Å². The fourth-order valence-corrected chi connectivity index (χ4v) is 4.18. The molecule has 1 aliphatic rings. The van der Waals surface area contributed by atoms with Gasteiger partial charge in [-0.1, -0.05) is 23.7 Å². The van der Waals surface area contributed by atoms with Crippen LogP contribution in [-0.2, 0) is 25.7 Å². The summed E-state index contributed by atoms with van der Waals surface area (Å²) in [5, 5.41) is 14.8. The van der Waals surface area contributed by atoms with Crippen molar-refractivity contribution in [2.24, 2.45) is 11.7 Å². The molecule has 2 aromatic rings. The number of halogens is 1. The van der Waals surface area contributed by atoms with Gasteiger partial charge in [0.05, 0.1) is 30.2 Å². The van der Waals surface area contributed by atoms with Crippen LogP contribution in [0.1, 0.15) is 18.4 Å². The van der Waals surface area contributed by atoms with Crippen LogP contribution in [-0.4, -0.2) is 72.9 Å². The van der Waals surface area contributed by atoms with Gasteiger partial charge >= 0.3 is 0 Å². The number of rotatable bonds is 9. The molecule has 11 heteroatoms. The SMILES string of the molecule is CN(CC(=O)NCC(N)=O)CC(=O)NC(=N)c1cn(CC2CCOCC2)c2c(Cl)cccc12. The van der Waals surface area contributed by atoms with Crippen molar-refractivity contribution in [2.45, 2.75) is 19.4 Å². The summed E-state index contributed by atoms with van der Waals surface area (Å²) in [4.78, 5) is 36.5. The zero-order valence-corrected chi connectivity index (χ0v) is 19.3. The largest absolute Gasteiger partial charge is 0.381 e. The van der Waals surface area contributed by atoms with Gasteiger partial charge in [0.2, 0.25) is 17.7 Å². The molecule has 1 fully saturated rings. The maximum Gasteiger partial charge on any atom is 0.239 e. The van der Waals surface area contributed by atoms with Crippen LogP contribution in [0, 0.1) is 11.3 Å². The lowest BCUT2D eigenvalue weighted by Gasteiger charge is -2.23. The first-order valence-corrected chi connectivity index (χ1v) is 11.1. The number of aromatic nitrogens is 1. The molecule has 0 aliphatic carbocycles. The van der Waals surface area contributed by atoms with Gasteiger partial charge in [-0.15, -0.1) is 0 Å². The van der Waals surface area contributed by atoms with E-state index in [2.05, 4.69) is 15.2 Å². The van der Waals surface area contributed by atoms with E-state index >= 15 is 0 Å². The number of hydrogen-bond acceptors (Lipinski definition) is 6. The first-order chi connectivity index (χ1) is 15.7. The van der Waals surface area contributed by atoms with Crippen LogP contribution >= 0.6 is 11.6 Å². The zero-order chi connectivity index (χ0) is 24.0. The highest BCUT2D eigenvalue weighted by Gasteiger charge is 2.21. The number of para-hydroxylation sites is 1. The van der Waals surface area contributed by atoms with Crippen LogP contribution in [0.15, 0.2) is 24.4 Å². The number of benzene rings is 1. The predicted molar refractivity (Wildman–Crippen MR) is 125 cm³/mol. The van der Waals surface area contributed by atoms with Gasteiger partial charge in [-0.05, 0) is 31.9 Å². The number of nitrogens with zero attached hydrogens (tertiary/aromatic N) is 2. The molecule has 0 unspecified atom stereocenters. The molecule has 0 bridgehead atoms. The van der Waals surface area contributed by atoms with E-state index in [1.807, 2.05) is 24.4 Å². The second-order valence-electron chi connectivity index (χ2n) is 8.23. The molecular weight excluding hydrogens is 448 g/mol. The highest BCUT2D eigenvalue weighted by molar-refractivity contribution is 6.35. The molecule has 33 heavy (non-hydrogen) atoms. The number of carbonyl (C=O) groups is 3. The van der Waals surface area contributed by atoms with Crippen molar-refractivity contribution >= 4 is 46.1 Å². The highest BCUT2D eigenvalue weighted by Crippen LogP contribution is 2.30. The Morgan fingerprint density at radius 1 is 1.24 bits per heavy atom. The number of nitrogens with one attached hydrogen (secondary N) is 3. The molecule has 1 aliphatic heterocycles. The number of ether oxygens (including phenoxy) is 1. The van der Waals surface area contributed by atoms with Crippen LogP contribution in [0.2, 0.25) is 5.02 Å². The van der Waals surface area contributed by atoms with Gasteiger partial charge in [0.1, 0.15) is 5.84 Å². The fraction of sp³-hybridized carbons (Fsp3) is 0.455. The Balaban J connectivity index is 1.66. The van der Waals surface area contributed by atoms with E-state index in [0.717, 1.165) is 43.5 Å². The van der Waals surface area contributed by atoms with Gasteiger partial charge in [-0.3, -0.25) is 24.7 Å². The van der Waals surface area contributed by atoms with Gasteiger partial charge in [-0.25, -0.2) is 0 Å². The number of fused-ring (bicyclic) bond motifs is 1. The van der Waals surface area contributed by atoms with Crippen molar-refractivity contribution in [1.82, 2.24) is 20.1 Å². The molecule has 3 rings (SSSR count). The van der Waals surface area contributed by atoms with Crippen LogP contribution < -0.4 is 16.4 Å². The first kappa shape index (κ1) is 24.7. The van der Waals surface area contributed by atoms with E-state index in [0.29, 0.717) is 16.5 Å². The van der Waals surface area contributed by atoms with E-state index < -0.39 is 17.7 Å². The Morgan fingerprint density at radius 2 is 1.94 bits per heavy atom. The second-order valence-corrected chi connectivity index (χ2v) is 8.63. The van der Waals surface area contributed by atoms with Crippen molar-refractivity contribution in [3.63, 3.8) is 0 Å². The average molecular weight is 477 g/mol. The van der Waals surface area contributed by atoms with Crippen molar-refractivity contribution in [1.29, 1.82) is 5.41 Å². The van der Waals surface area contributed by atoms with E-state index in [9.17, 15) is 14.4 Å². The molecule has 0 radical (unpaired) electrons. The molecule has 1 aromatic carbocycles. The Bertz CT molecular complexity index is 1050. The third-order valence-electron chi connectivity index (χ3n) is 5.47. The molecule has 0 spiro atoms. The Morgan fingerprint density at radius 3 is 2.64 bits per heavy atom. The van der Waals surface area contributed by atoms with Gasteiger partial charge in [0.25, 0.3) is 0 Å². The van der Waals surface area contributed by atoms with E-state index in [-0.39, 0.29) is 25.5 Å². The van der Waals surface area contributed by atoms with Crippen molar-refractivity contribution in [2.75, 3.05) is 39.9 Å². The summed E-state index contributed by atoms with van der Waals surface area (Å²) in [6.07, 6.45) is 3.79. The number of nitrogens with two attached hydrogens (primary N) is 1. The molecule has 10 nitrogen and oxygen atoms in total. The van der Waals surface area contributed by atoms with Crippen LogP contribution in [0.3, 0.4) is 0 Å². The minimum absolute atomic E-state index is 0.0374. The van der Waals surface area contributed by atoms with Gasteiger partial charge in [0.15, 0.2) is 0 Å². The third kappa shape index (κ3) is 6.77. The molecule has 5 N–H and O–H groups in total. The van der Waals surface area contributed by atoms with Crippen molar-refractivity contribution in [3.8, 4) is 0 Å². The molecule has 2 heterocycles. The monoisotopic (exact) mass is 476 g/mol. The standard InChI is InChI=1S/C22H29ClN6O4/c1-28(12-19(31)26-9-18(24)30)13-20(32)27-22(25)16-11-29(10-14-5-7-33-8-6-14)21-15(16)3-2-4-17(21)23/h2-4,11,14H,5-10,12-13H2,1H3,(H2,24,30)(H,26,31)(H2,25,27,32). The second kappa shape index (κ2) is 11.3. The number of amidine groups is 1. The van der Waals surface area contributed by atoms with E-state index in [1.54, 1.807) is 7.05 Å². The van der Waals surface area contributed by atoms with Crippen LogP contribution in [0.5, 0.6) is 0 Å². The lowest BCUT2D eigenvalue weighted by atomic mass is 10.0. The topological polar surface area (TPSA) is 143 Å². The molecule has 3 amide bonds. The molecule has 178 valence electrons. The number of hydrogen-bond donors (Lipinski definition) is 4. The Labute approximate surface area is 196 Å². The van der Waals surface area contributed by atoms with Crippen molar-refractivity contribution in [3.05, 3.63) is 35.0 Å². The summed E-state index contributed by atoms with van der Waals surface area (Å²) >= 11 is 6.49. The van der Waals surface area contributed by atoms with Crippen LogP contribution in [0.4, 0.5) is 0 Å². The Hall–Kier alpha value is -2.95. The summed E-state index contributed by atoms with van der Waals surface area (Å²) in [5.41, 5.74) is 6.41. The summed E-state index contributed by atoms with van der Waals surface area (Å²) in [7, 11) is 1.59. The van der Waals surface area contributed by atoms with Gasteiger partial charge < -0.3 is 25.7 Å². The minimum atomic E-state index is -0.645. The molecule has 0 saturated carbocycles. The third-order valence-corrected chi connectivity index (χ3v) is 5.77. The maximum absolute atomic E-state index is 12.5. The fourth-order valence-electron chi connectivity index (χ4n) is 3.90. The molecule has 1 saturated heterocycles. The summed E-state index contributed by atoms with van der Waals surface area (Å²) in [6, 6.07) is 5.52. The summed E-state index contributed by atoms with van der Waals surface area (Å²) in [5.74, 6) is -1.09. The molecule has 1 aromatic heterocycles. The summed E-state index contributed by atoms with van der Waals surface area (Å²) < 4.78 is 7.50. The zero-order valence-electron chi connectivity index (χ0n) is 18.5. The Kier molecular flexibility index (Phi) is 8.43. The van der Waals surface area contributed by atoms with Crippen LogP contribution in [0.25, 0.3) is 10.9 Å².